The summed E-state index contributed by atoms with van der Waals surface area (Å²) in [6, 6.07) is 8.30. The Hall–Kier alpha value is -3.35. The molecule has 7 nitrogen and oxygen atoms in total. The lowest BCUT2D eigenvalue weighted by atomic mass is 10.1. The second-order valence-electron chi connectivity index (χ2n) is 5.60. The van der Waals surface area contributed by atoms with Crippen LogP contribution in [0.5, 0.6) is 5.75 Å². The first-order valence-corrected chi connectivity index (χ1v) is 7.59. The molecule has 2 aromatic heterocycles. The average Bonchev–Trinajstić information content (AvgIpc) is 3.02. The minimum atomic E-state index is -1.13. The number of nitrogens with zero attached hydrogens (tertiary/aromatic N) is 2. The third-order valence-electron chi connectivity index (χ3n) is 4.13. The predicted molar refractivity (Wildman–Crippen MR) is 92.6 cm³/mol. The number of methoxy groups -OCH3 is 1. The predicted octanol–water partition coefficient (Wildman–Crippen LogP) is 2.91. The summed E-state index contributed by atoms with van der Waals surface area (Å²) in [5.41, 5.74) is 3.35. The number of ether oxygens (including phenoxy) is 1. The van der Waals surface area contributed by atoms with Gasteiger partial charge in [-0.2, -0.15) is 5.10 Å². The molecule has 0 aliphatic carbocycles. The zero-order chi connectivity index (χ0) is 18.1. The highest BCUT2D eigenvalue weighted by molar-refractivity contribution is 6.10. The Kier molecular flexibility index (Phi) is 4.14. The number of para-hydroxylation sites is 1. The molecule has 1 amide bonds. The van der Waals surface area contributed by atoms with Gasteiger partial charge in [-0.15, -0.1) is 0 Å². The maximum absolute atomic E-state index is 12.7. The minimum Gasteiger partial charge on any atom is -0.494 e. The number of carboxylic acids is 1. The molecule has 0 radical (unpaired) electrons. The Balaban J connectivity index is 2.00. The van der Waals surface area contributed by atoms with Crippen LogP contribution in [0.15, 0.2) is 36.5 Å². The molecule has 1 aromatic carbocycles. The summed E-state index contributed by atoms with van der Waals surface area (Å²) in [6.45, 7) is 3.90. The number of amides is 1. The van der Waals surface area contributed by atoms with Crippen molar-refractivity contribution in [2.24, 2.45) is 0 Å². The number of pyridine rings is 1. The molecule has 0 spiro atoms. The highest BCUT2D eigenvalue weighted by Crippen LogP contribution is 2.29. The van der Waals surface area contributed by atoms with E-state index in [4.69, 9.17) is 4.74 Å². The van der Waals surface area contributed by atoms with Crippen molar-refractivity contribution >= 4 is 23.1 Å². The van der Waals surface area contributed by atoms with Crippen molar-refractivity contribution in [2.45, 2.75) is 13.8 Å². The first-order chi connectivity index (χ1) is 11.9. The Morgan fingerprint density at radius 1 is 1.16 bits per heavy atom. The molecular weight excluding hydrogens is 322 g/mol. The van der Waals surface area contributed by atoms with Crippen molar-refractivity contribution in [1.29, 1.82) is 0 Å². The van der Waals surface area contributed by atoms with Gasteiger partial charge in [-0.1, -0.05) is 12.1 Å². The maximum Gasteiger partial charge on any atom is 0.339 e. The van der Waals surface area contributed by atoms with E-state index in [2.05, 4.69) is 10.4 Å². The Labute approximate surface area is 143 Å². The number of aromatic carboxylic acids is 1. The molecule has 2 heterocycles. The second-order valence-corrected chi connectivity index (χ2v) is 5.60. The van der Waals surface area contributed by atoms with Crippen LogP contribution in [0.25, 0.3) is 5.52 Å². The van der Waals surface area contributed by atoms with Crippen molar-refractivity contribution in [1.82, 2.24) is 9.61 Å². The first-order valence-electron chi connectivity index (χ1n) is 7.59. The van der Waals surface area contributed by atoms with Crippen LogP contribution in [-0.2, 0) is 0 Å². The lowest BCUT2D eigenvalue weighted by Gasteiger charge is -2.12. The number of benzene rings is 1. The molecule has 25 heavy (non-hydrogen) atoms. The molecular formula is C18H17N3O4. The summed E-state index contributed by atoms with van der Waals surface area (Å²) < 4.78 is 6.87. The van der Waals surface area contributed by atoms with Crippen LogP contribution in [0.3, 0.4) is 0 Å². The van der Waals surface area contributed by atoms with Crippen molar-refractivity contribution in [3.8, 4) is 5.75 Å². The molecule has 0 aliphatic heterocycles. The van der Waals surface area contributed by atoms with Crippen LogP contribution in [-0.4, -0.2) is 33.7 Å². The second kappa shape index (κ2) is 6.27. The van der Waals surface area contributed by atoms with Crippen molar-refractivity contribution in [2.75, 3.05) is 12.4 Å². The van der Waals surface area contributed by atoms with Crippen molar-refractivity contribution < 1.29 is 19.4 Å². The molecule has 128 valence electrons. The summed E-state index contributed by atoms with van der Waals surface area (Å²) in [7, 11) is 1.36. The van der Waals surface area contributed by atoms with Gasteiger partial charge in [0, 0.05) is 5.69 Å². The number of nitrogens with one attached hydrogen (secondary N) is 1. The van der Waals surface area contributed by atoms with Crippen molar-refractivity contribution in [3.05, 3.63) is 58.9 Å². The van der Waals surface area contributed by atoms with Crippen LogP contribution < -0.4 is 10.1 Å². The minimum absolute atomic E-state index is 0.0216. The number of carboxylic acid groups (broad SMARTS) is 1. The van der Waals surface area contributed by atoms with Crippen LogP contribution in [0.1, 0.15) is 32.0 Å². The van der Waals surface area contributed by atoms with E-state index in [9.17, 15) is 14.7 Å². The van der Waals surface area contributed by atoms with Gasteiger partial charge in [-0.3, -0.25) is 4.79 Å². The number of rotatable bonds is 4. The zero-order valence-corrected chi connectivity index (χ0v) is 14.0. The van der Waals surface area contributed by atoms with Gasteiger partial charge in [0.1, 0.15) is 5.56 Å². The first kappa shape index (κ1) is 16.5. The maximum atomic E-state index is 12.7. The number of carbonyl (C=O) groups is 2. The van der Waals surface area contributed by atoms with Gasteiger partial charge in [-0.05, 0) is 37.6 Å². The standard InChI is InChI=1S/C18H17N3O4/c1-10-7-8-15-13(9-19-21(15)11(10)2)17(22)20-14-6-4-5-12(18(23)24)16(14)25-3/h4-9H,1-3H3,(H,20,22)(H,23,24). The summed E-state index contributed by atoms with van der Waals surface area (Å²) in [6.07, 6.45) is 1.49. The van der Waals surface area contributed by atoms with E-state index in [1.54, 1.807) is 16.6 Å². The number of hydrogen-bond acceptors (Lipinski definition) is 4. The van der Waals surface area contributed by atoms with Gasteiger partial charge >= 0.3 is 5.97 Å². The number of aryl methyl sites for hydroxylation is 2. The normalized spacial score (nSPS) is 10.7. The monoisotopic (exact) mass is 339 g/mol. The molecule has 3 rings (SSSR count). The van der Waals surface area contributed by atoms with E-state index < -0.39 is 5.97 Å². The topological polar surface area (TPSA) is 92.9 Å². The Morgan fingerprint density at radius 2 is 1.92 bits per heavy atom. The zero-order valence-electron chi connectivity index (χ0n) is 14.0. The number of aromatic nitrogens is 2. The van der Waals surface area contributed by atoms with Gasteiger partial charge in [0.15, 0.2) is 5.75 Å². The quantitative estimate of drug-likeness (QED) is 0.762. The fraction of sp³-hybridized carbons (Fsp3) is 0.167. The molecule has 0 atom stereocenters. The molecule has 0 aliphatic rings. The average molecular weight is 339 g/mol. The number of anilines is 1. The molecule has 0 bridgehead atoms. The van der Waals surface area contributed by atoms with Crippen LogP contribution in [0, 0.1) is 13.8 Å². The third-order valence-corrected chi connectivity index (χ3v) is 4.13. The molecule has 0 unspecified atom stereocenters. The number of carbonyl (C=O) groups excluding carboxylic acids is 1. The van der Waals surface area contributed by atoms with Crippen LogP contribution >= 0.6 is 0 Å². The number of fused-ring (bicyclic) bond motifs is 1. The third kappa shape index (κ3) is 2.80. The van der Waals surface area contributed by atoms with E-state index in [1.807, 2.05) is 26.0 Å². The molecule has 7 heteroatoms. The molecule has 0 saturated carbocycles. The summed E-state index contributed by atoms with van der Waals surface area (Å²) in [4.78, 5) is 24.0. The summed E-state index contributed by atoms with van der Waals surface area (Å²) in [5, 5.41) is 16.2. The fourth-order valence-electron chi connectivity index (χ4n) is 2.67. The molecule has 2 N–H and O–H groups in total. The Morgan fingerprint density at radius 3 is 2.60 bits per heavy atom. The van der Waals surface area contributed by atoms with Crippen molar-refractivity contribution in [3.63, 3.8) is 0 Å². The largest absolute Gasteiger partial charge is 0.494 e. The summed E-state index contributed by atoms with van der Waals surface area (Å²) >= 11 is 0. The smallest absolute Gasteiger partial charge is 0.339 e. The SMILES string of the molecule is COc1c(NC(=O)c2cnn3c(C)c(C)ccc23)cccc1C(=O)O. The highest BCUT2D eigenvalue weighted by Gasteiger charge is 2.19. The van der Waals surface area contributed by atoms with Gasteiger partial charge < -0.3 is 15.2 Å². The fourth-order valence-corrected chi connectivity index (χ4v) is 2.67. The van der Waals surface area contributed by atoms with Crippen LogP contribution in [0.4, 0.5) is 5.69 Å². The lowest BCUT2D eigenvalue weighted by molar-refractivity contribution is 0.0693. The van der Waals surface area contributed by atoms with E-state index in [1.165, 1.54) is 19.4 Å². The van der Waals surface area contributed by atoms with E-state index in [0.717, 1.165) is 11.3 Å². The molecule has 3 aromatic rings. The van der Waals surface area contributed by atoms with E-state index in [0.29, 0.717) is 11.1 Å². The molecule has 0 saturated heterocycles. The van der Waals surface area contributed by atoms with E-state index in [-0.39, 0.29) is 22.9 Å². The summed E-state index contributed by atoms with van der Waals surface area (Å²) in [5.74, 6) is -1.42. The van der Waals surface area contributed by atoms with Crippen LogP contribution in [0.2, 0.25) is 0 Å². The lowest BCUT2D eigenvalue weighted by Crippen LogP contribution is -2.14. The Bertz CT molecular complexity index is 991. The van der Waals surface area contributed by atoms with Gasteiger partial charge in [0.05, 0.1) is 30.1 Å². The van der Waals surface area contributed by atoms with Gasteiger partial charge in [-0.25, -0.2) is 9.31 Å². The van der Waals surface area contributed by atoms with Gasteiger partial charge in [0.25, 0.3) is 5.91 Å². The van der Waals surface area contributed by atoms with Gasteiger partial charge in [0.2, 0.25) is 0 Å². The molecule has 0 fully saturated rings. The van der Waals surface area contributed by atoms with E-state index >= 15 is 0 Å². The number of hydrogen-bond donors (Lipinski definition) is 2. The highest BCUT2D eigenvalue weighted by atomic mass is 16.5.